The Bertz CT molecular complexity index is 431. The van der Waals surface area contributed by atoms with E-state index in [4.69, 9.17) is 9.47 Å². The fourth-order valence-corrected chi connectivity index (χ4v) is 3.34. The largest absolute Gasteiger partial charge is 0.465 e. The third-order valence-corrected chi connectivity index (χ3v) is 4.55. The van der Waals surface area contributed by atoms with Crippen LogP contribution < -0.4 is 4.74 Å². The van der Waals surface area contributed by atoms with Gasteiger partial charge in [-0.3, -0.25) is 4.79 Å². The van der Waals surface area contributed by atoms with Crippen molar-refractivity contribution in [2.45, 2.75) is 37.9 Å². The van der Waals surface area contributed by atoms with Gasteiger partial charge in [0.15, 0.2) is 0 Å². The van der Waals surface area contributed by atoms with Gasteiger partial charge in [-0.1, -0.05) is 0 Å². The molecule has 1 aliphatic rings. The van der Waals surface area contributed by atoms with Crippen LogP contribution in [0.3, 0.4) is 0 Å². The van der Waals surface area contributed by atoms with Gasteiger partial charge in [-0.05, 0) is 13.8 Å². The van der Waals surface area contributed by atoms with Gasteiger partial charge in [0.25, 0.3) is 10.4 Å². The van der Waals surface area contributed by atoms with Crippen LogP contribution in [0, 0.1) is 0 Å². The molecule has 0 bridgehead atoms. The molecular weight excluding hydrogens is 298 g/mol. The van der Waals surface area contributed by atoms with Crippen molar-refractivity contribution < 1.29 is 14.3 Å². The van der Waals surface area contributed by atoms with E-state index in [1.54, 1.807) is 4.90 Å². The highest BCUT2D eigenvalue weighted by atomic mass is 32.2. The molecular formula is C12H19N3O3S2. The zero-order chi connectivity index (χ0) is 14.4. The number of aromatic nitrogens is 2. The zero-order valence-electron chi connectivity index (χ0n) is 11.7. The Morgan fingerprint density at radius 1 is 1.45 bits per heavy atom. The first-order valence-electron chi connectivity index (χ1n) is 6.77. The number of ether oxygens (including phenoxy) is 2. The van der Waals surface area contributed by atoms with Crippen LogP contribution in [0.4, 0.5) is 4.79 Å². The molecule has 0 aliphatic carbocycles. The van der Waals surface area contributed by atoms with Crippen molar-refractivity contribution in [2.75, 3.05) is 26.3 Å². The number of hydrogen-bond donors (Lipinski definition) is 0. The van der Waals surface area contributed by atoms with E-state index in [1.165, 1.54) is 11.5 Å². The third kappa shape index (κ3) is 4.32. The van der Waals surface area contributed by atoms with Crippen LogP contribution in [-0.2, 0) is 4.74 Å². The molecule has 1 fully saturated rings. The van der Waals surface area contributed by atoms with Crippen LogP contribution in [0.5, 0.6) is 5.19 Å². The molecule has 2 heterocycles. The number of hydrogen-bond acceptors (Lipinski definition) is 7. The molecule has 1 aromatic rings. The second kappa shape index (κ2) is 7.80. The normalized spacial score (nSPS) is 16.1. The van der Waals surface area contributed by atoms with E-state index in [9.17, 15) is 4.79 Å². The first kappa shape index (κ1) is 15.5. The van der Waals surface area contributed by atoms with E-state index in [0.29, 0.717) is 23.4 Å². The van der Waals surface area contributed by atoms with Crippen molar-refractivity contribution in [3.05, 3.63) is 0 Å². The number of carbonyl (C=O) groups is 1. The minimum atomic E-state index is -0.0228. The monoisotopic (exact) mass is 317 g/mol. The lowest BCUT2D eigenvalue weighted by Gasteiger charge is -2.21. The lowest BCUT2D eigenvalue weighted by Crippen LogP contribution is -2.26. The lowest BCUT2D eigenvalue weighted by molar-refractivity contribution is 0.0253. The summed E-state index contributed by atoms with van der Waals surface area (Å²) in [6.45, 7) is 6.75. The van der Waals surface area contributed by atoms with Crippen molar-refractivity contribution >= 4 is 28.5 Å². The summed E-state index contributed by atoms with van der Waals surface area (Å²) in [5.74, 6) is 0. The smallest absolute Gasteiger partial charge is 0.294 e. The van der Waals surface area contributed by atoms with Gasteiger partial charge < -0.3 is 14.4 Å². The maximum absolute atomic E-state index is 11.9. The molecule has 0 saturated carbocycles. The van der Waals surface area contributed by atoms with Crippen molar-refractivity contribution in [1.82, 2.24) is 14.3 Å². The quantitative estimate of drug-likeness (QED) is 0.778. The molecule has 20 heavy (non-hydrogen) atoms. The molecule has 0 atom stereocenters. The van der Waals surface area contributed by atoms with Gasteiger partial charge in [0, 0.05) is 49.2 Å². The van der Waals surface area contributed by atoms with Crippen molar-refractivity contribution in [2.24, 2.45) is 0 Å². The van der Waals surface area contributed by atoms with Crippen LogP contribution in [0.15, 0.2) is 5.16 Å². The van der Waals surface area contributed by atoms with E-state index in [1.807, 2.05) is 13.8 Å². The summed E-state index contributed by atoms with van der Waals surface area (Å²) in [7, 11) is 0. The van der Waals surface area contributed by atoms with Crippen LogP contribution in [0.1, 0.15) is 26.7 Å². The summed E-state index contributed by atoms with van der Waals surface area (Å²) in [5.41, 5.74) is 0. The first-order chi connectivity index (χ1) is 9.72. The average molecular weight is 317 g/mol. The Kier molecular flexibility index (Phi) is 6.06. The van der Waals surface area contributed by atoms with Crippen molar-refractivity contribution in [3.63, 3.8) is 0 Å². The van der Waals surface area contributed by atoms with Gasteiger partial charge in [-0.15, -0.1) is 0 Å². The molecule has 0 spiro atoms. The fraction of sp³-hybridized carbons (Fsp3) is 0.750. The molecule has 1 saturated heterocycles. The third-order valence-electron chi connectivity index (χ3n) is 3.02. The Morgan fingerprint density at radius 2 is 2.15 bits per heavy atom. The minimum absolute atomic E-state index is 0.0228. The predicted octanol–water partition coefficient (Wildman–Crippen LogP) is 2.65. The number of rotatable bonds is 5. The SMILES string of the molecule is CCN(CC)C(=O)Sc1nsc(OC2CCOCC2)n1. The van der Waals surface area contributed by atoms with Crippen LogP contribution in [0.2, 0.25) is 0 Å². The molecule has 1 aromatic heterocycles. The average Bonchev–Trinajstić information content (AvgIpc) is 2.88. The van der Waals surface area contributed by atoms with Gasteiger partial charge in [-0.25, -0.2) is 0 Å². The predicted molar refractivity (Wildman–Crippen MR) is 78.6 cm³/mol. The summed E-state index contributed by atoms with van der Waals surface area (Å²) in [6.07, 6.45) is 1.90. The lowest BCUT2D eigenvalue weighted by atomic mass is 10.2. The van der Waals surface area contributed by atoms with Crippen molar-refractivity contribution in [1.29, 1.82) is 0 Å². The maximum Gasteiger partial charge on any atom is 0.294 e. The second-order valence-corrected chi connectivity index (χ2v) is 5.95. The molecule has 2 rings (SSSR count). The maximum atomic E-state index is 11.9. The summed E-state index contributed by atoms with van der Waals surface area (Å²) in [4.78, 5) is 17.9. The Balaban J connectivity index is 1.86. The van der Waals surface area contributed by atoms with Gasteiger partial charge >= 0.3 is 0 Å². The zero-order valence-corrected chi connectivity index (χ0v) is 13.3. The van der Waals surface area contributed by atoms with E-state index in [0.717, 1.165) is 37.8 Å². The Hall–Kier alpha value is -0.860. The Labute approximate surface area is 127 Å². The van der Waals surface area contributed by atoms with Crippen LogP contribution >= 0.6 is 23.3 Å². The number of nitrogens with zero attached hydrogens (tertiary/aromatic N) is 3. The van der Waals surface area contributed by atoms with Gasteiger partial charge in [0.2, 0.25) is 5.16 Å². The number of thioether (sulfide) groups is 1. The highest BCUT2D eigenvalue weighted by molar-refractivity contribution is 8.13. The molecule has 1 aliphatic heterocycles. The standard InChI is InChI=1S/C12H19N3O3S2/c1-3-15(4-2)12(16)19-10-13-11(20-14-10)18-9-5-7-17-8-6-9/h9H,3-8H2,1-2H3. The summed E-state index contributed by atoms with van der Waals surface area (Å²) in [6, 6.07) is 0. The highest BCUT2D eigenvalue weighted by Gasteiger charge is 2.19. The van der Waals surface area contributed by atoms with E-state index < -0.39 is 0 Å². The topological polar surface area (TPSA) is 64.6 Å². The van der Waals surface area contributed by atoms with Crippen LogP contribution in [-0.4, -0.2) is 51.9 Å². The first-order valence-corrected chi connectivity index (χ1v) is 8.36. The molecule has 1 amide bonds. The molecule has 6 nitrogen and oxygen atoms in total. The summed E-state index contributed by atoms with van der Waals surface area (Å²) >= 11 is 2.25. The number of amides is 1. The van der Waals surface area contributed by atoms with Gasteiger partial charge in [0.1, 0.15) is 6.10 Å². The molecule has 0 aromatic carbocycles. The number of carbonyl (C=O) groups excluding carboxylic acids is 1. The molecule has 112 valence electrons. The molecule has 0 unspecified atom stereocenters. The van der Waals surface area contributed by atoms with Gasteiger partial charge in [0.05, 0.1) is 13.2 Å². The van der Waals surface area contributed by atoms with Crippen LogP contribution in [0.25, 0.3) is 0 Å². The molecule has 0 radical (unpaired) electrons. The van der Waals surface area contributed by atoms with E-state index in [2.05, 4.69) is 9.36 Å². The summed E-state index contributed by atoms with van der Waals surface area (Å²) in [5, 5.41) is 0.978. The van der Waals surface area contributed by atoms with E-state index in [-0.39, 0.29) is 11.3 Å². The summed E-state index contributed by atoms with van der Waals surface area (Å²) < 4.78 is 15.2. The Morgan fingerprint density at radius 3 is 2.80 bits per heavy atom. The van der Waals surface area contributed by atoms with Crippen molar-refractivity contribution in [3.8, 4) is 5.19 Å². The molecule has 8 heteroatoms. The highest BCUT2D eigenvalue weighted by Crippen LogP contribution is 2.26. The molecule has 0 N–H and O–H groups in total. The minimum Gasteiger partial charge on any atom is -0.465 e. The van der Waals surface area contributed by atoms with E-state index >= 15 is 0 Å². The second-order valence-electron chi connectivity index (χ2n) is 4.31. The van der Waals surface area contributed by atoms with Gasteiger partial charge in [-0.2, -0.15) is 9.36 Å². The fourth-order valence-electron chi connectivity index (χ4n) is 1.85.